The molecule has 6 nitrogen and oxygen atoms in total. The Morgan fingerprint density at radius 3 is 3.04 bits per heavy atom. The Morgan fingerprint density at radius 1 is 1.36 bits per heavy atom. The van der Waals surface area contributed by atoms with Gasteiger partial charge in [0.15, 0.2) is 0 Å². The van der Waals surface area contributed by atoms with Crippen molar-refractivity contribution < 1.29 is 9.53 Å². The van der Waals surface area contributed by atoms with Gasteiger partial charge in [0.2, 0.25) is 5.95 Å². The molecule has 1 aliphatic heterocycles. The van der Waals surface area contributed by atoms with E-state index < -0.39 is 0 Å². The van der Waals surface area contributed by atoms with Gasteiger partial charge in [-0.2, -0.15) is 0 Å². The molecule has 0 spiro atoms. The molecule has 1 unspecified atom stereocenters. The summed E-state index contributed by atoms with van der Waals surface area (Å²) >= 11 is 0. The van der Waals surface area contributed by atoms with Crippen LogP contribution >= 0.6 is 0 Å². The highest BCUT2D eigenvalue weighted by atomic mass is 16.5. The van der Waals surface area contributed by atoms with Crippen LogP contribution in [0.4, 0.5) is 11.6 Å². The Hall–Kier alpha value is -2.63. The second-order valence-corrected chi connectivity index (χ2v) is 6.18. The Bertz CT molecular complexity index is 735. The van der Waals surface area contributed by atoms with Crippen LogP contribution in [-0.2, 0) is 0 Å². The van der Waals surface area contributed by atoms with Crippen LogP contribution in [0.2, 0.25) is 0 Å². The fourth-order valence-electron chi connectivity index (χ4n) is 3.20. The Morgan fingerprint density at radius 2 is 2.24 bits per heavy atom. The number of carbonyl (C=O) groups excluding carboxylic acids is 1. The predicted molar refractivity (Wildman–Crippen MR) is 98.3 cm³/mol. The molecule has 0 bridgehead atoms. The molecule has 1 saturated heterocycles. The average Bonchev–Trinajstić information content (AvgIpc) is 2.68. The number of aromatic nitrogens is 2. The molecule has 3 rings (SSSR count). The first kappa shape index (κ1) is 17.2. The topological polar surface area (TPSA) is 67.4 Å². The molecule has 6 heteroatoms. The number of methoxy groups -OCH3 is 1. The van der Waals surface area contributed by atoms with Gasteiger partial charge in [-0.1, -0.05) is 13.0 Å². The molecule has 1 atom stereocenters. The maximum atomic E-state index is 12.5. The van der Waals surface area contributed by atoms with Crippen LogP contribution in [0, 0.1) is 0 Å². The molecule has 1 amide bonds. The molecule has 132 valence electrons. The lowest BCUT2D eigenvalue weighted by molar-refractivity contribution is 0.102. The molecule has 1 N–H and O–H groups in total. The summed E-state index contributed by atoms with van der Waals surface area (Å²) in [6.07, 6.45) is 6.25. The van der Waals surface area contributed by atoms with E-state index in [-0.39, 0.29) is 5.91 Å². The van der Waals surface area contributed by atoms with Gasteiger partial charge in [-0.05, 0) is 43.9 Å². The summed E-state index contributed by atoms with van der Waals surface area (Å²) in [6.45, 7) is 3.13. The highest BCUT2D eigenvalue weighted by Crippen LogP contribution is 2.24. The van der Waals surface area contributed by atoms with E-state index in [4.69, 9.17) is 4.74 Å². The minimum absolute atomic E-state index is 0.248. The molecule has 2 aromatic rings. The van der Waals surface area contributed by atoms with Gasteiger partial charge in [-0.3, -0.25) is 4.79 Å². The van der Waals surface area contributed by atoms with Gasteiger partial charge < -0.3 is 15.0 Å². The number of anilines is 2. The van der Waals surface area contributed by atoms with Crippen molar-refractivity contribution in [2.45, 2.75) is 38.6 Å². The maximum Gasteiger partial charge on any atom is 0.274 e. The number of hydrogen-bond acceptors (Lipinski definition) is 5. The summed E-state index contributed by atoms with van der Waals surface area (Å²) in [5.41, 5.74) is 1.04. The third-order valence-corrected chi connectivity index (χ3v) is 4.56. The highest BCUT2D eigenvalue weighted by Gasteiger charge is 2.23. The van der Waals surface area contributed by atoms with Crippen LogP contribution in [-0.4, -0.2) is 35.6 Å². The Balaban J connectivity index is 1.77. The van der Waals surface area contributed by atoms with Crippen LogP contribution < -0.4 is 15.0 Å². The molecule has 0 saturated carbocycles. The third-order valence-electron chi connectivity index (χ3n) is 4.56. The van der Waals surface area contributed by atoms with Crippen LogP contribution in [0.5, 0.6) is 5.75 Å². The van der Waals surface area contributed by atoms with E-state index in [9.17, 15) is 4.79 Å². The van der Waals surface area contributed by atoms with Crippen molar-refractivity contribution in [2.75, 3.05) is 23.9 Å². The smallest absolute Gasteiger partial charge is 0.274 e. The van der Waals surface area contributed by atoms with E-state index in [1.54, 1.807) is 25.4 Å². The number of amides is 1. The summed E-state index contributed by atoms with van der Waals surface area (Å²) in [5, 5.41) is 2.86. The highest BCUT2D eigenvalue weighted by molar-refractivity contribution is 6.03. The second-order valence-electron chi connectivity index (χ2n) is 6.18. The molecule has 1 aromatic heterocycles. The molecular formula is C19H24N4O2. The van der Waals surface area contributed by atoms with Gasteiger partial charge in [0.05, 0.1) is 7.11 Å². The Labute approximate surface area is 148 Å². The van der Waals surface area contributed by atoms with Crippen LogP contribution in [0.3, 0.4) is 0 Å². The van der Waals surface area contributed by atoms with Gasteiger partial charge in [0, 0.05) is 30.5 Å². The van der Waals surface area contributed by atoms with Gasteiger partial charge in [-0.15, -0.1) is 0 Å². The van der Waals surface area contributed by atoms with E-state index in [0.717, 1.165) is 25.8 Å². The number of hydrogen-bond donors (Lipinski definition) is 1. The van der Waals surface area contributed by atoms with Crippen molar-refractivity contribution in [2.24, 2.45) is 0 Å². The minimum Gasteiger partial charge on any atom is -0.497 e. The number of nitrogens with zero attached hydrogens (tertiary/aromatic N) is 3. The van der Waals surface area contributed by atoms with Gasteiger partial charge in [0.1, 0.15) is 11.4 Å². The second kappa shape index (κ2) is 7.96. The van der Waals surface area contributed by atoms with Crippen molar-refractivity contribution in [3.8, 4) is 5.75 Å². The van der Waals surface area contributed by atoms with E-state index in [0.29, 0.717) is 29.1 Å². The van der Waals surface area contributed by atoms with E-state index >= 15 is 0 Å². The largest absolute Gasteiger partial charge is 0.497 e. The van der Waals surface area contributed by atoms with Crippen molar-refractivity contribution in [3.05, 3.63) is 42.2 Å². The number of ether oxygens (including phenoxy) is 1. The molecule has 0 aliphatic carbocycles. The summed E-state index contributed by atoms with van der Waals surface area (Å²) < 4.78 is 5.18. The molecule has 0 radical (unpaired) electrons. The lowest BCUT2D eigenvalue weighted by Crippen LogP contribution is -2.40. The van der Waals surface area contributed by atoms with Crippen molar-refractivity contribution in [1.29, 1.82) is 0 Å². The average molecular weight is 340 g/mol. The van der Waals surface area contributed by atoms with Crippen LogP contribution in [0.25, 0.3) is 0 Å². The number of piperidine rings is 1. The molecule has 1 aliphatic rings. The molecule has 1 fully saturated rings. The van der Waals surface area contributed by atoms with Gasteiger partial charge in [0.25, 0.3) is 5.91 Å². The van der Waals surface area contributed by atoms with Crippen molar-refractivity contribution in [3.63, 3.8) is 0 Å². The third kappa shape index (κ3) is 4.07. The molecule has 2 heterocycles. The number of rotatable bonds is 5. The van der Waals surface area contributed by atoms with Crippen LogP contribution in [0.1, 0.15) is 43.1 Å². The van der Waals surface area contributed by atoms with Gasteiger partial charge in [-0.25, -0.2) is 9.97 Å². The fourth-order valence-corrected chi connectivity index (χ4v) is 3.20. The predicted octanol–water partition coefficient (Wildman–Crippen LogP) is 3.51. The first-order valence-corrected chi connectivity index (χ1v) is 8.76. The zero-order valence-corrected chi connectivity index (χ0v) is 14.7. The standard InChI is InChI=1S/C19H24N4O2/c1-3-15-8-4-5-12-23(15)19-20-11-10-17(22-19)18(24)21-14-7-6-9-16(13-14)25-2/h6-7,9-11,13,15H,3-5,8,12H2,1-2H3,(H,21,24). The monoisotopic (exact) mass is 340 g/mol. The molecule has 25 heavy (non-hydrogen) atoms. The van der Waals surface area contributed by atoms with E-state index in [1.165, 1.54) is 6.42 Å². The summed E-state index contributed by atoms with van der Waals surface area (Å²) in [5.74, 6) is 1.09. The summed E-state index contributed by atoms with van der Waals surface area (Å²) in [4.78, 5) is 23.7. The lowest BCUT2D eigenvalue weighted by Gasteiger charge is -2.35. The van der Waals surface area contributed by atoms with E-state index in [2.05, 4.69) is 27.1 Å². The normalized spacial score (nSPS) is 17.2. The fraction of sp³-hybridized carbons (Fsp3) is 0.421. The first-order valence-electron chi connectivity index (χ1n) is 8.76. The molecule has 1 aromatic carbocycles. The minimum atomic E-state index is -0.248. The van der Waals surface area contributed by atoms with Crippen LogP contribution in [0.15, 0.2) is 36.5 Å². The SMILES string of the molecule is CCC1CCCCN1c1nccc(C(=O)Nc2cccc(OC)c2)n1. The van der Waals surface area contributed by atoms with Gasteiger partial charge >= 0.3 is 0 Å². The first-order chi connectivity index (χ1) is 12.2. The van der Waals surface area contributed by atoms with Crippen molar-refractivity contribution >= 4 is 17.5 Å². The summed E-state index contributed by atoms with van der Waals surface area (Å²) in [6, 6.07) is 9.35. The lowest BCUT2D eigenvalue weighted by atomic mass is 10.0. The Kier molecular flexibility index (Phi) is 5.48. The van der Waals surface area contributed by atoms with E-state index in [1.807, 2.05) is 18.2 Å². The molecular weight excluding hydrogens is 316 g/mol. The van der Waals surface area contributed by atoms with Crippen molar-refractivity contribution in [1.82, 2.24) is 9.97 Å². The quantitative estimate of drug-likeness (QED) is 0.902. The summed E-state index contributed by atoms with van der Waals surface area (Å²) in [7, 11) is 1.60. The zero-order valence-electron chi connectivity index (χ0n) is 14.7. The zero-order chi connectivity index (χ0) is 17.6. The number of nitrogens with one attached hydrogen (secondary N) is 1. The maximum absolute atomic E-state index is 12.5. The number of carbonyl (C=O) groups is 1. The number of benzene rings is 1.